The molecule has 5 nitrogen and oxygen atoms in total. The fourth-order valence-corrected chi connectivity index (χ4v) is 5.58. The zero-order valence-corrected chi connectivity index (χ0v) is 15.4. The van der Waals surface area contributed by atoms with Crippen LogP contribution in [0.15, 0.2) is 11.1 Å². The molecule has 3 aliphatic rings. The minimum atomic E-state index is -0.679. The third-order valence-corrected chi connectivity index (χ3v) is 6.27. The molecule has 0 aromatic rings. The van der Waals surface area contributed by atoms with E-state index in [2.05, 4.69) is 13.8 Å². The van der Waals surface area contributed by atoms with Crippen LogP contribution in [0.4, 0.5) is 0 Å². The molecular weight excluding hydrogens is 308 g/mol. The highest BCUT2D eigenvalue weighted by Gasteiger charge is 2.63. The molecule has 24 heavy (non-hydrogen) atoms. The Morgan fingerprint density at radius 2 is 1.92 bits per heavy atom. The Morgan fingerprint density at radius 1 is 1.25 bits per heavy atom. The van der Waals surface area contributed by atoms with Crippen molar-refractivity contribution in [1.82, 2.24) is 0 Å². The number of ketones is 1. The molecule has 6 atom stereocenters. The summed E-state index contributed by atoms with van der Waals surface area (Å²) in [6.07, 6.45) is 1.06. The molecule has 2 aliphatic carbocycles. The Bertz CT molecular complexity index is 593. The quantitative estimate of drug-likeness (QED) is 0.741. The summed E-state index contributed by atoms with van der Waals surface area (Å²) in [5.41, 5.74) is 1.14. The summed E-state index contributed by atoms with van der Waals surface area (Å²) >= 11 is 0. The number of fused-ring (bicyclic) bond motifs is 3. The average Bonchev–Trinajstić information content (AvgIpc) is 2.77. The first-order valence-electron chi connectivity index (χ1n) is 8.80. The lowest BCUT2D eigenvalue weighted by Crippen LogP contribution is -2.59. The van der Waals surface area contributed by atoms with Gasteiger partial charge in [0.15, 0.2) is 11.6 Å². The van der Waals surface area contributed by atoms with Gasteiger partial charge >= 0.3 is 0 Å². The fraction of sp³-hybridized carbons (Fsp3) is 0.789. The molecule has 2 fully saturated rings. The molecule has 0 spiro atoms. The molecule has 0 N–H and O–H groups in total. The number of carbonyl (C=O) groups excluding carboxylic acids is 2. The van der Waals surface area contributed by atoms with Gasteiger partial charge in [0, 0.05) is 16.9 Å². The molecule has 5 heteroatoms. The summed E-state index contributed by atoms with van der Waals surface area (Å²) in [6, 6.07) is 0. The van der Waals surface area contributed by atoms with Crippen LogP contribution in [-0.4, -0.2) is 36.4 Å². The number of ether oxygens (including phenoxy) is 3. The van der Waals surface area contributed by atoms with Crippen molar-refractivity contribution < 1.29 is 23.8 Å². The van der Waals surface area contributed by atoms with E-state index in [4.69, 9.17) is 14.2 Å². The molecule has 1 saturated heterocycles. The number of Topliss-reactive ketones (excluding diaryl/α,β-unsaturated/α-hetero) is 1. The molecule has 0 amide bonds. The van der Waals surface area contributed by atoms with Crippen molar-refractivity contribution >= 4 is 12.3 Å². The summed E-state index contributed by atoms with van der Waals surface area (Å²) in [4.78, 5) is 23.7. The summed E-state index contributed by atoms with van der Waals surface area (Å²) in [6.45, 7) is 12.2. The van der Waals surface area contributed by atoms with Crippen LogP contribution >= 0.6 is 0 Å². The highest BCUT2D eigenvalue weighted by Crippen LogP contribution is 2.59. The third-order valence-electron chi connectivity index (χ3n) is 6.27. The lowest BCUT2D eigenvalue weighted by Gasteiger charge is -2.55. The van der Waals surface area contributed by atoms with E-state index in [1.165, 1.54) is 0 Å². The van der Waals surface area contributed by atoms with Gasteiger partial charge in [0.1, 0.15) is 12.2 Å². The van der Waals surface area contributed by atoms with Gasteiger partial charge in [-0.05, 0) is 52.0 Å². The Labute approximate surface area is 143 Å². The number of hydrogen-bond acceptors (Lipinski definition) is 5. The van der Waals surface area contributed by atoms with Crippen LogP contribution in [0.25, 0.3) is 0 Å². The molecule has 0 radical (unpaired) electrons. The molecule has 1 aliphatic heterocycles. The largest absolute Gasteiger partial charge is 0.464 e. The second-order valence-corrected chi connectivity index (χ2v) is 8.22. The molecule has 134 valence electrons. The minimum absolute atomic E-state index is 0.0281. The van der Waals surface area contributed by atoms with Crippen molar-refractivity contribution in [2.24, 2.45) is 17.3 Å². The second kappa shape index (κ2) is 5.67. The zero-order chi connectivity index (χ0) is 17.9. The van der Waals surface area contributed by atoms with Crippen molar-refractivity contribution in [3.63, 3.8) is 0 Å². The molecule has 0 unspecified atom stereocenters. The first-order chi connectivity index (χ1) is 11.1. The van der Waals surface area contributed by atoms with Gasteiger partial charge in [0.25, 0.3) is 6.47 Å². The fourth-order valence-electron chi connectivity index (χ4n) is 5.58. The lowest BCUT2D eigenvalue weighted by molar-refractivity contribution is -0.173. The zero-order valence-electron chi connectivity index (χ0n) is 15.4. The number of rotatable bonds is 3. The monoisotopic (exact) mass is 336 g/mol. The van der Waals surface area contributed by atoms with E-state index in [1.54, 1.807) is 6.92 Å². The molecule has 3 rings (SSSR count). The van der Waals surface area contributed by atoms with E-state index in [0.29, 0.717) is 12.4 Å². The normalized spacial score (nSPS) is 43.8. The summed E-state index contributed by atoms with van der Waals surface area (Å²) < 4.78 is 17.9. The SMILES string of the molecule is CC(=O)C1=C(C)[C@H]2OC(C)(C)O[C@H]2[C@H]2[C@H](C)CC[C@H](OC=O)[C@]12C. The maximum Gasteiger partial charge on any atom is 0.293 e. The van der Waals surface area contributed by atoms with Crippen LogP contribution in [0.3, 0.4) is 0 Å². The molecule has 0 bridgehead atoms. The highest BCUT2D eigenvalue weighted by molar-refractivity contribution is 5.96. The Hall–Kier alpha value is -1.20. The van der Waals surface area contributed by atoms with E-state index in [9.17, 15) is 9.59 Å². The van der Waals surface area contributed by atoms with Gasteiger partial charge in [0.05, 0.1) is 6.10 Å². The molecule has 0 aromatic carbocycles. The summed E-state index contributed by atoms with van der Waals surface area (Å²) in [5, 5.41) is 0. The average molecular weight is 336 g/mol. The minimum Gasteiger partial charge on any atom is -0.464 e. The van der Waals surface area contributed by atoms with Crippen LogP contribution in [0, 0.1) is 17.3 Å². The third kappa shape index (κ3) is 2.36. The maximum atomic E-state index is 12.6. The van der Waals surface area contributed by atoms with Crippen LogP contribution < -0.4 is 0 Å². The van der Waals surface area contributed by atoms with Crippen LogP contribution in [-0.2, 0) is 23.8 Å². The highest BCUT2D eigenvalue weighted by atomic mass is 16.8. The first-order valence-corrected chi connectivity index (χ1v) is 8.80. The smallest absolute Gasteiger partial charge is 0.293 e. The number of carbonyl (C=O) groups is 2. The van der Waals surface area contributed by atoms with Crippen molar-refractivity contribution in [3.8, 4) is 0 Å². The van der Waals surface area contributed by atoms with Crippen LogP contribution in [0.5, 0.6) is 0 Å². The van der Waals surface area contributed by atoms with E-state index in [-0.39, 0.29) is 30.0 Å². The van der Waals surface area contributed by atoms with Crippen LogP contribution in [0.2, 0.25) is 0 Å². The van der Waals surface area contributed by atoms with E-state index >= 15 is 0 Å². The second-order valence-electron chi connectivity index (χ2n) is 8.22. The van der Waals surface area contributed by atoms with Crippen molar-refractivity contribution in [2.45, 2.75) is 78.5 Å². The summed E-state index contributed by atoms with van der Waals surface area (Å²) in [5.74, 6) is -0.220. The van der Waals surface area contributed by atoms with Crippen molar-refractivity contribution in [1.29, 1.82) is 0 Å². The molecular formula is C19H28O5. The molecule has 0 aromatic heterocycles. The Kier molecular flexibility index (Phi) is 4.16. The number of hydrogen-bond donors (Lipinski definition) is 0. The standard InChI is InChI=1S/C19H28O5/c1-10-7-8-13(22-9-20)19(6)14(10)17-16(23-18(4,5)24-17)11(2)15(19)12(3)21/h9-10,13-14,16-17H,7-8H2,1-6H3/t10-,13+,14-,16-,17+,19+/m1/s1. The van der Waals surface area contributed by atoms with Gasteiger partial charge in [-0.25, -0.2) is 0 Å². The van der Waals surface area contributed by atoms with Crippen molar-refractivity contribution in [3.05, 3.63) is 11.1 Å². The van der Waals surface area contributed by atoms with E-state index in [0.717, 1.165) is 24.0 Å². The van der Waals surface area contributed by atoms with Crippen LogP contribution in [0.1, 0.15) is 54.4 Å². The predicted molar refractivity (Wildman–Crippen MR) is 88.1 cm³/mol. The topological polar surface area (TPSA) is 61.8 Å². The van der Waals surface area contributed by atoms with Gasteiger partial charge in [-0.2, -0.15) is 0 Å². The molecule has 1 heterocycles. The van der Waals surface area contributed by atoms with E-state index < -0.39 is 11.2 Å². The van der Waals surface area contributed by atoms with Gasteiger partial charge in [-0.3, -0.25) is 9.59 Å². The predicted octanol–water partition coefficient (Wildman–Crippen LogP) is 3.02. The first kappa shape index (κ1) is 17.6. The van der Waals surface area contributed by atoms with Gasteiger partial charge < -0.3 is 14.2 Å². The Morgan fingerprint density at radius 3 is 2.50 bits per heavy atom. The summed E-state index contributed by atoms with van der Waals surface area (Å²) in [7, 11) is 0. The molecule has 1 saturated carbocycles. The van der Waals surface area contributed by atoms with Gasteiger partial charge in [-0.1, -0.05) is 13.8 Å². The Balaban J connectivity index is 2.19. The lowest BCUT2D eigenvalue weighted by atomic mass is 9.51. The van der Waals surface area contributed by atoms with Gasteiger partial charge in [-0.15, -0.1) is 0 Å². The van der Waals surface area contributed by atoms with Gasteiger partial charge in [0.2, 0.25) is 0 Å². The van der Waals surface area contributed by atoms with Crippen molar-refractivity contribution in [2.75, 3.05) is 0 Å². The maximum absolute atomic E-state index is 12.6. The van der Waals surface area contributed by atoms with E-state index in [1.807, 2.05) is 20.8 Å².